The molecule has 3 fully saturated rings. The van der Waals surface area contributed by atoms with E-state index in [0.717, 1.165) is 11.1 Å². The fourth-order valence-corrected chi connectivity index (χ4v) is 9.37. The van der Waals surface area contributed by atoms with E-state index in [1.54, 1.807) is 24.3 Å². The van der Waals surface area contributed by atoms with Crippen LogP contribution in [0.5, 0.6) is 0 Å². The smallest absolute Gasteiger partial charge is 0.303 e. The molecule has 16 heteroatoms. The summed E-state index contributed by atoms with van der Waals surface area (Å²) >= 11 is 0. The van der Waals surface area contributed by atoms with Crippen LogP contribution in [0.4, 0.5) is 0 Å². The molecule has 4 aliphatic heterocycles. The Morgan fingerprint density at radius 2 is 1.19 bits per heavy atom. The van der Waals surface area contributed by atoms with Gasteiger partial charge in [-0.15, -0.1) is 13.2 Å². The number of Topliss-reactive ketones (excluding diaryl/α,β-unsaturated/α-hetero) is 1. The Hall–Kier alpha value is -4.91. The predicted octanol–water partition coefficient (Wildman–Crippen LogP) is 6.94. The van der Waals surface area contributed by atoms with Crippen molar-refractivity contribution in [1.29, 1.82) is 0 Å². The van der Waals surface area contributed by atoms with Gasteiger partial charge in [0.15, 0.2) is 23.8 Å². The van der Waals surface area contributed by atoms with Crippen molar-refractivity contribution < 1.29 is 76.8 Å². The first kappa shape index (κ1) is 59.7. The van der Waals surface area contributed by atoms with Crippen molar-refractivity contribution in [2.75, 3.05) is 13.2 Å². The average molecular weight is 1010 g/mol. The van der Waals surface area contributed by atoms with E-state index in [9.17, 15) is 34.2 Å². The monoisotopic (exact) mass is 1010 g/mol. The van der Waals surface area contributed by atoms with Crippen LogP contribution in [0.15, 0.2) is 98.1 Å². The minimum Gasteiger partial charge on any atom is -0.466 e. The van der Waals surface area contributed by atoms with Gasteiger partial charge in [-0.1, -0.05) is 107 Å². The molecule has 16 nitrogen and oxygen atoms in total. The third kappa shape index (κ3) is 17.6. The largest absolute Gasteiger partial charge is 0.466 e. The zero-order valence-electron chi connectivity index (χ0n) is 41.9. The van der Waals surface area contributed by atoms with Crippen molar-refractivity contribution in [2.45, 2.75) is 180 Å². The fourth-order valence-electron chi connectivity index (χ4n) is 9.37. The summed E-state index contributed by atoms with van der Waals surface area (Å²) in [5.41, 5.74) is 1.90. The molecule has 0 spiro atoms. The van der Waals surface area contributed by atoms with Crippen LogP contribution in [-0.4, -0.2) is 132 Å². The molecule has 16 atom stereocenters. The molecular formula is C56H78O16. The number of hydrogen-bond acceptors (Lipinski definition) is 16. The lowest BCUT2D eigenvalue weighted by Gasteiger charge is -2.36. The maximum atomic E-state index is 12.9. The van der Waals surface area contributed by atoms with E-state index in [4.69, 9.17) is 42.6 Å². The van der Waals surface area contributed by atoms with E-state index in [1.165, 1.54) is 20.8 Å². The number of aliphatic hydroxyl groups is 2. The molecule has 4 heterocycles. The lowest BCUT2D eigenvalue weighted by molar-refractivity contribution is -0.190. The van der Waals surface area contributed by atoms with Gasteiger partial charge < -0.3 is 52.8 Å². The van der Waals surface area contributed by atoms with E-state index < -0.39 is 79.0 Å². The fraction of sp³-hybridized carbons (Fsp3) is 0.589. The van der Waals surface area contributed by atoms with Crippen LogP contribution < -0.4 is 0 Å². The number of esters is 3. The molecule has 2 N–H and O–H groups in total. The topological polar surface area (TPSA) is 209 Å². The lowest BCUT2D eigenvalue weighted by Crippen LogP contribution is -2.53. The molecule has 398 valence electrons. The van der Waals surface area contributed by atoms with Gasteiger partial charge in [0.2, 0.25) is 0 Å². The second-order valence-electron chi connectivity index (χ2n) is 19.1. The van der Waals surface area contributed by atoms with Crippen molar-refractivity contribution in [2.24, 2.45) is 17.8 Å². The minimum atomic E-state index is -1.20. The highest BCUT2D eigenvalue weighted by Gasteiger charge is 2.54. The van der Waals surface area contributed by atoms with Gasteiger partial charge in [-0.05, 0) is 61.1 Å². The molecule has 2 aromatic rings. The minimum absolute atomic E-state index is 0. The first-order valence-electron chi connectivity index (χ1n) is 24.7. The van der Waals surface area contributed by atoms with Crippen LogP contribution in [0.2, 0.25) is 0 Å². The van der Waals surface area contributed by atoms with E-state index in [1.807, 2.05) is 81.4 Å². The van der Waals surface area contributed by atoms with Gasteiger partial charge in [0, 0.05) is 33.1 Å². The molecule has 0 radical (unpaired) electrons. The third-order valence-corrected chi connectivity index (χ3v) is 12.9. The van der Waals surface area contributed by atoms with E-state index in [0.29, 0.717) is 38.7 Å². The van der Waals surface area contributed by atoms with Gasteiger partial charge in [-0.25, -0.2) is 0 Å². The Bertz CT molecular complexity index is 2060. The van der Waals surface area contributed by atoms with E-state index in [2.05, 4.69) is 13.2 Å². The summed E-state index contributed by atoms with van der Waals surface area (Å²) in [4.78, 5) is 60.0. The number of carbonyl (C=O) groups is 5. The number of carbonyl (C=O) groups excluding carboxylic acids is 5. The average Bonchev–Trinajstić information content (AvgIpc) is 3.82. The highest BCUT2D eigenvalue weighted by atomic mass is 16.6. The molecule has 2 aromatic carbocycles. The molecule has 0 aromatic heterocycles. The molecule has 0 bridgehead atoms. The van der Waals surface area contributed by atoms with Crippen LogP contribution in [0, 0.1) is 17.8 Å². The van der Waals surface area contributed by atoms with Gasteiger partial charge in [0.1, 0.15) is 36.6 Å². The number of rotatable bonds is 23. The normalized spacial score (nSPS) is 29.6. The van der Waals surface area contributed by atoms with Gasteiger partial charge in [0.25, 0.3) is 0 Å². The van der Waals surface area contributed by atoms with Gasteiger partial charge >= 0.3 is 17.9 Å². The highest BCUT2D eigenvalue weighted by Crippen LogP contribution is 2.37. The zero-order chi connectivity index (χ0) is 51.6. The van der Waals surface area contributed by atoms with Crippen LogP contribution >= 0.6 is 0 Å². The maximum Gasteiger partial charge on any atom is 0.303 e. The van der Waals surface area contributed by atoms with Crippen molar-refractivity contribution in [3.8, 4) is 0 Å². The number of ether oxygens (including phenoxy) is 9. The van der Waals surface area contributed by atoms with Crippen molar-refractivity contribution in [3.63, 3.8) is 0 Å². The van der Waals surface area contributed by atoms with Crippen LogP contribution in [0.25, 0.3) is 0 Å². The summed E-state index contributed by atoms with van der Waals surface area (Å²) in [6.07, 6.45) is 0.00164. The quantitative estimate of drug-likeness (QED) is 0.0656. The summed E-state index contributed by atoms with van der Waals surface area (Å²) in [7, 11) is 0. The Balaban J connectivity index is 0.000000309. The third-order valence-electron chi connectivity index (χ3n) is 12.9. The molecule has 1 unspecified atom stereocenters. The van der Waals surface area contributed by atoms with Gasteiger partial charge in [0.05, 0.1) is 56.9 Å². The second-order valence-corrected chi connectivity index (χ2v) is 19.1. The van der Waals surface area contributed by atoms with E-state index >= 15 is 0 Å². The van der Waals surface area contributed by atoms with Crippen molar-refractivity contribution >= 4 is 29.5 Å². The Morgan fingerprint density at radius 3 is 1.68 bits per heavy atom. The number of benzene rings is 2. The van der Waals surface area contributed by atoms with E-state index in [-0.39, 0.29) is 81.2 Å². The SMILES string of the molecule is C.C=CC[C@@H]1C=CC(=O)C([C@@H](C)[C@@H]2O[C@H](C[C@@H](C)COC(C)=O)[C@H](OCc3ccccc3)[C@@H]2O)O1.C=CC[C@@H]1CCC(=O)[C@@H]([C@@H](OC(C)=O)[C@@H]2O[C@H](C[C@@H](C)COC(C)=O)[C@H](OCc3ccccc3)[C@@H]2O)O1. The molecular weight excluding hydrogens is 929 g/mol. The van der Waals surface area contributed by atoms with Crippen LogP contribution in [-0.2, 0) is 79.8 Å². The predicted molar refractivity (Wildman–Crippen MR) is 267 cm³/mol. The number of aliphatic hydroxyl groups excluding tert-OH is 2. The highest BCUT2D eigenvalue weighted by molar-refractivity contribution is 5.94. The lowest BCUT2D eigenvalue weighted by atomic mass is 9.88. The van der Waals surface area contributed by atoms with Crippen LogP contribution in [0.1, 0.15) is 98.6 Å². The number of ketones is 2. The maximum absolute atomic E-state index is 12.9. The summed E-state index contributed by atoms with van der Waals surface area (Å²) in [6.45, 7) is 18.2. The Labute approximate surface area is 425 Å². The zero-order valence-corrected chi connectivity index (χ0v) is 41.9. The number of hydrogen-bond donors (Lipinski definition) is 2. The standard InChI is InChI=1S/C28H38O9.C27H36O7.CH4/c1-5-9-21-12-13-22(31)25(36-21)28(35-19(4)30)27-24(32)26(34-16-20-10-7-6-8-11-20)23(37-27)14-17(2)15-33-18(3)29;1-5-9-21-12-13-22(29)25(33-21)18(3)26-24(30)27(32-16-20-10-7-6-8-11-20)23(34-26)14-17(2)15-31-19(4)28;/h5-8,10-11,17,21,23-28,32H,1,9,12-16H2,2-4H3;5-8,10-13,17-18,21,23-27,30H,1,9,14-16H2,2-4H3;1H4/t17-,21-,23-,24+,25+,26+,27-,28-;17-,18-,21-,23-,24-,25?,26+,27+;/m11./s1. The molecule has 0 amide bonds. The van der Waals surface area contributed by atoms with Gasteiger partial charge in [-0.2, -0.15) is 0 Å². The van der Waals surface area contributed by atoms with Crippen LogP contribution in [0.3, 0.4) is 0 Å². The summed E-state index contributed by atoms with van der Waals surface area (Å²) in [5.74, 6) is -2.17. The first-order valence-corrected chi connectivity index (χ1v) is 24.7. The Morgan fingerprint density at radius 1 is 0.694 bits per heavy atom. The summed E-state index contributed by atoms with van der Waals surface area (Å²) in [5, 5.41) is 22.6. The second kappa shape index (κ2) is 29.7. The Kier molecular flexibility index (Phi) is 24.6. The summed E-state index contributed by atoms with van der Waals surface area (Å²) < 4.78 is 52.8. The molecule has 6 rings (SSSR count). The molecule has 0 aliphatic carbocycles. The first-order chi connectivity index (χ1) is 34.0. The summed E-state index contributed by atoms with van der Waals surface area (Å²) in [6, 6.07) is 19.2. The molecule has 72 heavy (non-hydrogen) atoms. The molecule has 0 saturated carbocycles. The molecule has 3 saturated heterocycles. The van der Waals surface area contributed by atoms with Crippen molar-refractivity contribution in [3.05, 3.63) is 109 Å². The van der Waals surface area contributed by atoms with Crippen molar-refractivity contribution in [1.82, 2.24) is 0 Å². The van der Waals surface area contributed by atoms with Gasteiger partial charge in [-0.3, -0.25) is 24.0 Å². The molecule has 4 aliphatic rings.